The first-order valence-corrected chi connectivity index (χ1v) is 9.82. The highest BCUT2D eigenvalue weighted by atomic mass is 32.2. The first kappa shape index (κ1) is 19.0. The number of ether oxygens (including phenoxy) is 2. The van der Waals surface area contributed by atoms with E-state index < -0.39 is 0 Å². The molecule has 4 aromatic rings. The number of hydrogen-bond acceptors (Lipinski definition) is 7. The Morgan fingerprint density at radius 3 is 2.66 bits per heavy atom. The monoisotopic (exact) mass is 409 g/mol. The van der Waals surface area contributed by atoms with Crippen molar-refractivity contribution in [3.05, 3.63) is 58.6 Å². The van der Waals surface area contributed by atoms with E-state index >= 15 is 0 Å². The van der Waals surface area contributed by atoms with E-state index in [4.69, 9.17) is 9.47 Å². The lowest BCUT2D eigenvalue weighted by Crippen LogP contribution is -2.11. The van der Waals surface area contributed by atoms with Gasteiger partial charge in [-0.3, -0.25) is 4.79 Å². The highest BCUT2D eigenvalue weighted by molar-refractivity contribution is 7.98. The summed E-state index contributed by atoms with van der Waals surface area (Å²) in [6, 6.07) is 12.9. The maximum atomic E-state index is 12.2. The van der Waals surface area contributed by atoms with Crippen LogP contribution in [0.25, 0.3) is 22.3 Å². The van der Waals surface area contributed by atoms with Gasteiger partial charge in [0.2, 0.25) is 0 Å². The molecule has 0 spiro atoms. The highest BCUT2D eigenvalue weighted by Gasteiger charge is 2.14. The zero-order valence-corrected chi connectivity index (χ0v) is 17.0. The summed E-state index contributed by atoms with van der Waals surface area (Å²) in [5, 5.41) is 9.87. The minimum atomic E-state index is -0.143. The summed E-state index contributed by atoms with van der Waals surface area (Å²) in [4.78, 5) is 19.6. The van der Waals surface area contributed by atoms with Gasteiger partial charge < -0.3 is 19.0 Å². The quantitative estimate of drug-likeness (QED) is 0.489. The van der Waals surface area contributed by atoms with E-state index in [1.165, 1.54) is 11.8 Å². The van der Waals surface area contributed by atoms with Crippen molar-refractivity contribution in [1.29, 1.82) is 0 Å². The summed E-state index contributed by atoms with van der Waals surface area (Å²) in [7, 11) is 5.08. The number of nitrogens with one attached hydrogen (secondary N) is 1. The molecule has 4 rings (SSSR count). The molecule has 0 fully saturated rings. The van der Waals surface area contributed by atoms with Crippen LogP contribution in [-0.4, -0.2) is 39.0 Å². The lowest BCUT2D eigenvalue weighted by molar-refractivity contribution is 0.355. The minimum Gasteiger partial charge on any atom is -0.493 e. The summed E-state index contributed by atoms with van der Waals surface area (Å²) < 4.78 is 12.5. The van der Waals surface area contributed by atoms with Crippen LogP contribution in [0.4, 0.5) is 0 Å². The predicted octanol–water partition coefficient (Wildman–Crippen LogP) is 3.03. The van der Waals surface area contributed by atoms with Gasteiger partial charge in [-0.1, -0.05) is 23.9 Å². The van der Waals surface area contributed by atoms with E-state index in [-0.39, 0.29) is 5.56 Å². The fourth-order valence-electron chi connectivity index (χ4n) is 3.00. The molecule has 2 aromatic carbocycles. The van der Waals surface area contributed by atoms with Gasteiger partial charge in [0.1, 0.15) is 5.82 Å². The lowest BCUT2D eigenvalue weighted by Gasteiger charge is -2.09. The average molecular weight is 409 g/mol. The second-order valence-electron chi connectivity index (χ2n) is 6.25. The van der Waals surface area contributed by atoms with Gasteiger partial charge in [0, 0.05) is 12.6 Å². The molecule has 0 saturated carbocycles. The molecule has 0 saturated heterocycles. The molecule has 0 aliphatic rings. The molecule has 0 atom stereocenters. The van der Waals surface area contributed by atoms with Crippen molar-refractivity contribution in [2.45, 2.75) is 10.9 Å². The van der Waals surface area contributed by atoms with Crippen molar-refractivity contribution in [3.63, 3.8) is 0 Å². The number of para-hydroxylation sites is 1. The van der Waals surface area contributed by atoms with Gasteiger partial charge in [0.05, 0.1) is 30.9 Å². The van der Waals surface area contributed by atoms with Crippen LogP contribution in [0.15, 0.2) is 52.4 Å². The smallest absolute Gasteiger partial charge is 0.258 e. The molecular formula is C20H19N5O3S. The largest absolute Gasteiger partial charge is 0.493 e. The van der Waals surface area contributed by atoms with E-state index in [0.29, 0.717) is 45.0 Å². The Morgan fingerprint density at radius 2 is 1.86 bits per heavy atom. The third-order valence-electron chi connectivity index (χ3n) is 4.48. The summed E-state index contributed by atoms with van der Waals surface area (Å²) in [6.45, 7) is 0. The summed E-state index contributed by atoms with van der Waals surface area (Å²) in [6.07, 6.45) is 0. The SMILES string of the molecule is COc1ccc(-c2nnc(SCc3nc4ccccc4c(=O)[nH]3)n2C)cc1OC. The number of thioether (sulfide) groups is 1. The van der Waals surface area contributed by atoms with Gasteiger partial charge in [0.25, 0.3) is 5.56 Å². The van der Waals surface area contributed by atoms with Crippen molar-refractivity contribution in [1.82, 2.24) is 24.7 Å². The van der Waals surface area contributed by atoms with E-state index in [1.807, 2.05) is 48.0 Å². The number of nitrogens with zero attached hydrogens (tertiary/aromatic N) is 4. The summed E-state index contributed by atoms with van der Waals surface area (Å²) in [5.41, 5.74) is 1.40. The standard InChI is InChI=1S/C20H19N5O3S/c1-25-18(12-8-9-15(27-2)16(10-12)28-3)23-24-20(25)29-11-17-21-14-7-5-4-6-13(14)19(26)22-17/h4-10H,11H2,1-3H3,(H,21,22,26). The Bertz CT molecular complexity index is 1230. The third kappa shape index (κ3) is 3.68. The van der Waals surface area contributed by atoms with Crippen molar-refractivity contribution in [3.8, 4) is 22.9 Å². The molecular weight excluding hydrogens is 390 g/mol. The number of rotatable bonds is 6. The first-order chi connectivity index (χ1) is 14.1. The first-order valence-electron chi connectivity index (χ1n) is 8.83. The molecule has 2 aromatic heterocycles. The molecule has 2 heterocycles. The number of aromatic nitrogens is 5. The van der Waals surface area contributed by atoms with Crippen LogP contribution >= 0.6 is 11.8 Å². The van der Waals surface area contributed by atoms with Crippen LogP contribution < -0.4 is 15.0 Å². The number of hydrogen-bond donors (Lipinski definition) is 1. The van der Waals surface area contributed by atoms with E-state index in [9.17, 15) is 4.79 Å². The summed E-state index contributed by atoms with van der Waals surface area (Å²) in [5.74, 6) is 3.04. The second kappa shape index (κ2) is 7.96. The molecule has 9 heteroatoms. The minimum absolute atomic E-state index is 0.143. The lowest BCUT2D eigenvalue weighted by atomic mass is 10.2. The maximum absolute atomic E-state index is 12.2. The van der Waals surface area contributed by atoms with Gasteiger partial charge in [-0.25, -0.2) is 4.98 Å². The molecule has 148 valence electrons. The van der Waals surface area contributed by atoms with Gasteiger partial charge in [-0.05, 0) is 30.3 Å². The van der Waals surface area contributed by atoms with Crippen LogP contribution in [0, 0.1) is 0 Å². The topological polar surface area (TPSA) is 94.9 Å². The molecule has 0 radical (unpaired) electrons. The fourth-order valence-corrected chi connectivity index (χ4v) is 3.78. The van der Waals surface area contributed by atoms with Gasteiger partial charge in [0.15, 0.2) is 22.5 Å². The normalized spacial score (nSPS) is 11.0. The van der Waals surface area contributed by atoms with E-state index in [1.54, 1.807) is 20.3 Å². The maximum Gasteiger partial charge on any atom is 0.258 e. The highest BCUT2D eigenvalue weighted by Crippen LogP contribution is 2.32. The second-order valence-corrected chi connectivity index (χ2v) is 7.20. The van der Waals surface area contributed by atoms with Crippen LogP contribution in [0.3, 0.4) is 0 Å². The Labute approximate surface area is 170 Å². The van der Waals surface area contributed by atoms with Crippen molar-refractivity contribution < 1.29 is 9.47 Å². The molecule has 0 aliphatic carbocycles. The van der Waals surface area contributed by atoms with Crippen molar-refractivity contribution >= 4 is 22.7 Å². The number of fused-ring (bicyclic) bond motifs is 1. The van der Waals surface area contributed by atoms with E-state index in [2.05, 4.69) is 20.2 Å². The molecule has 8 nitrogen and oxygen atoms in total. The number of aromatic amines is 1. The average Bonchev–Trinajstić information content (AvgIpc) is 3.12. The summed E-state index contributed by atoms with van der Waals surface area (Å²) >= 11 is 1.45. The van der Waals surface area contributed by atoms with Crippen LogP contribution in [-0.2, 0) is 12.8 Å². The zero-order valence-electron chi connectivity index (χ0n) is 16.2. The fraction of sp³-hybridized carbons (Fsp3) is 0.200. The van der Waals surface area contributed by atoms with Gasteiger partial charge in [-0.2, -0.15) is 0 Å². The molecule has 1 N–H and O–H groups in total. The number of benzene rings is 2. The van der Waals surface area contributed by atoms with Gasteiger partial charge in [-0.15, -0.1) is 10.2 Å². The molecule has 0 bridgehead atoms. The number of methoxy groups -OCH3 is 2. The van der Waals surface area contributed by atoms with Crippen molar-refractivity contribution in [2.75, 3.05) is 14.2 Å². The third-order valence-corrected chi connectivity index (χ3v) is 5.51. The predicted molar refractivity (Wildman–Crippen MR) is 111 cm³/mol. The Hall–Kier alpha value is -3.33. The number of H-pyrrole nitrogens is 1. The van der Waals surface area contributed by atoms with Crippen LogP contribution in [0.2, 0.25) is 0 Å². The Morgan fingerprint density at radius 1 is 1.07 bits per heavy atom. The molecule has 29 heavy (non-hydrogen) atoms. The molecule has 0 unspecified atom stereocenters. The molecule has 0 amide bonds. The zero-order chi connectivity index (χ0) is 20.4. The van der Waals surface area contributed by atoms with Gasteiger partial charge >= 0.3 is 0 Å². The Kier molecular flexibility index (Phi) is 5.22. The van der Waals surface area contributed by atoms with E-state index in [0.717, 1.165) is 5.56 Å². The Balaban J connectivity index is 1.58. The molecule has 0 aliphatic heterocycles. The van der Waals surface area contributed by atoms with Crippen LogP contribution in [0.5, 0.6) is 11.5 Å². The van der Waals surface area contributed by atoms with Crippen molar-refractivity contribution in [2.24, 2.45) is 7.05 Å². The van der Waals surface area contributed by atoms with Crippen LogP contribution in [0.1, 0.15) is 5.82 Å².